The van der Waals surface area contributed by atoms with E-state index in [0.29, 0.717) is 0 Å². The Hall–Kier alpha value is -0.120. The zero-order valence-electron chi connectivity index (χ0n) is 9.54. The number of hydrogen-bond acceptors (Lipinski definition) is 3. The lowest BCUT2D eigenvalue weighted by atomic mass is 10.2. The fourth-order valence-electron chi connectivity index (χ4n) is 1.81. The van der Waals surface area contributed by atoms with Gasteiger partial charge in [-0.2, -0.15) is 0 Å². The molecule has 1 unspecified atom stereocenters. The maximum atomic E-state index is 6.03. The second-order valence-electron chi connectivity index (χ2n) is 4.27. The van der Waals surface area contributed by atoms with Crippen molar-refractivity contribution >= 4 is 0 Å². The fraction of sp³-hybridized carbons (Fsp3) is 1.00. The van der Waals surface area contributed by atoms with Crippen molar-refractivity contribution in [2.24, 2.45) is 5.73 Å². The van der Waals surface area contributed by atoms with E-state index >= 15 is 0 Å². The van der Waals surface area contributed by atoms with Gasteiger partial charge in [-0.1, -0.05) is 6.92 Å². The van der Waals surface area contributed by atoms with Gasteiger partial charge in [0.1, 0.15) is 0 Å². The molecule has 0 aromatic carbocycles. The number of methoxy groups -OCH3 is 1. The van der Waals surface area contributed by atoms with Crippen LogP contribution in [0.3, 0.4) is 0 Å². The summed E-state index contributed by atoms with van der Waals surface area (Å²) in [6.07, 6.45) is 4.95. The predicted octanol–water partition coefficient (Wildman–Crippen LogP) is 1.22. The highest BCUT2D eigenvalue weighted by molar-refractivity contribution is 4.86. The first kappa shape index (κ1) is 12.0. The van der Waals surface area contributed by atoms with Crippen LogP contribution in [0.1, 0.15) is 32.6 Å². The molecule has 0 aliphatic heterocycles. The topological polar surface area (TPSA) is 38.5 Å². The summed E-state index contributed by atoms with van der Waals surface area (Å²) in [4.78, 5) is 2.54. The van der Waals surface area contributed by atoms with Crippen molar-refractivity contribution in [3.05, 3.63) is 0 Å². The molecule has 0 aromatic heterocycles. The summed E-state index contributed by atoms with van der Waals surface area (Å²) >= 11 is 0. The molecular weight excluding hydrogens is 176 g/mol. The van der Waals surface area contributed by atoms with Crippen molar-refractivity contribution in [1.82, 2.24) is 4.90 Å². The molecule has 3 nitrogen and oxygen atoms in total. The normalized spacial score (nSPS) is 18.9. The minimum Gasteiger partial charge on any atom is -0.385 e. The van der Waals surface area contributed by atoms with E-state index in [0.717, 1.165) is 25.6 Å². The quantitative estimate of drug-likeness (QED) is 0.640. The lowest BCUT2D eigenvalue weighted by Gasteiger charge is -2.24. The predicted molar refractivity (Wildman–Crippen MR) is 59.4 cm³/mol. The summed E-state index contributed by atoms with van der Waals surface area (Å²) in [5.41, 5.74) is 6.03. The van der Waals surface area contributed by atoms with Gasteiger partial charge in [-0.05, 0) is 32.2 Å². The zero-order chi connectivity index (χ0) is 10.4. The van der Waals surface area contributed by atoms with E-state index < -0.39 is 0 Å². The SMILES string of the molecule is CCCN(CC(N)CCOC)C1CC1. The third-order valence-corrected chi connectivity index (χ3v) is 2.74. The number of ether oxygens (including phenoxy) is 1. The van der Waals surface area contributed by atoms with Crippen LogP contribution in [0.25, 0.3) is 0 Å². The van der Waals surface area contributed by atoms with Gasteiger partial charge in [-0.3, -0.25) is 4.90 Å². The molecule has 0 spiro atoms. The Bertz CT molecular complexity index is 148. The summed E-state index contributed by atoms with van der Waals surface area (Å²) in [7, 11) is 1.73. The summed E-state index contributed by atoms with van der Waals surface area (Å²) in [5.74, 6) is 0. The maximum absolute atomic E-state index is 6.03. The molecule has 1 rings (SSSR count). The Balaban J connectivity index is 2.16. The van der Waals surface area contributed by atoms with E-state index in [2.05, 4.69) is 11.8 Å². The van der Waals surface area contributed by atoms with Gasteiger partial charge in [-0.25, -0.2) is 0 Å². The monoisotopic (exact) mass is 200 g/mol. The van der Waals surface area contributed by atoms with Gasteiger partial charge in [0.05, 0.1) is 0 Å². The lowest BCUT2D eigenvalue weighted by Crippen LogP contribution is -2.39. The van der Waals surface area contributed by atoms with E-state index in [1.807, 2.05) is 0 Å². The highest BCUT2D eigenvalue weighted by Crippen LogP contribution is 2.26. The van der Waals surface area contributed by atoms with Gasteiger partial charge in [0, 0.05) is 32.3 Å². The molecule has 0 radical (unpaired) electrons. The van der Waals surface area contributed by atoms with E-state index in [9.17, 15) is 0 Å². The summed E-state index contributed by atoms with van der Waals surface area (Å²) in [6.45, 7) is 5.26. The van der Waals surface area contributed by atoms with Crippen molar-refractivity contribution in [3.63, 3.8) is 0 Å². The first-order valence-corrected chi connectivity index (χ1v) is 5.76. The largest absolute Gasteiger partial charge is 0.385 e. The van der Waals surface area contributed by atoms with Crippen molar-refractivity contribution in [3.8, 4) is 0 Å². The Morgan fingerprint density at radius 2 is 2.21 bits per heavy atom. The smallest absolute Gasteiger partial charge is 0.0477 e. The van der Waals surface area contributed by atoms with E-state index in [1.165, 1.54) is 25.8 Å². The summed E-state index contributed by atoms with van der Waals surface area (Å²) < 4.78 is 5.03. The molecule has 1 fully saturated rings. The minimum absolute atomic E-state index is 0.280. The van der Waals surface area contributed by atoms with Crippen LogP contribution in [-0.4, -0.2) is 43.8 Å². The highest BCUT2D eigenvalue weighted by atomic mass is 16.5. The number of hydrogen-bond donors (Lipinski definition) is 1. The van der Waals surface area contributed by atoms with Crippen LogP contribution in [0.4, 0.5) is 0 Å². The number of nitrogens with zero attached hydrogens (tertiary/aromatic N) is 1. The van der Waals surface area contributed by atoms with E-state index in [4.69, 9.17) is 10.5 Å². The second kappa shape index (κ2) is 6.38. The number of nitrogens with two attached hydrogens (primary N) is 1. The van der Waals surface area contributed by atoms with Gasteiger partial charge in [0.25, 0.3) is 0 Å². The molecule has 1 aliphatic carbocycles. The Kier molecular flexibility index (Phi) is 5.45. The molecule has 2 N–H and O–H groups in total. The molecule has 0 amide bonds. The Labute approximate surface area is 87.6 Å². The van der Waals surface area contributed by atoms with E-state index in [1.54, 1.807) is 7.11 Å². The Morgan fingerprint density at radius 1 is 1.50 bits per heavy atom. The van der Waals surface area contributed by atoms with Gasteiger partial charge < -0.3 is 10.5 Å². The van der Waals surface area contributed by atoms with Crippen molar-refractivity contribution in [2.45, 2.75) is 44.7 Å². The van der Waals surface area contributed by atoms with Gasteiger partial charge in [0.15, 0.2) is 0 Å². The average molecular weight is 200 g/mol. The molecule has 0 heterocycles. The van der Waals surface area contributed by atoms with Crippen LogP contribution in [0.15, 0.2) is 0 Å². The van der Waals surface area contributed by atoms with Crippen LogP contribution < -0.4 is 5.73 Å². The standard InChI is InChI=1S/C11H24N2O/c1-3-7-13(11-4-5-11)9-10(12)6-8-14-2/h10-11H,3-9,12H2,1-2H3. The second-order valence-corrected chi connectivity index (χ2v) is 4.27. The van der Waals surface area contributed by atoms with Crippen LogP contribution >= 0.6 is 0 Å². The van der Waals surface area contributed by atoms with Crippen molar-refractivity contribution < 1.29 is 4.74 Å². The van der Waals surface area contributed by atoms with Gasteiger partial charge in [-0.15, -0.1) is 0 Å². The molecule has 1 atom stereocenters. The summed E-state index contributed by atoms with van der Waals surface area (Å²) in [5, 5.41) is 0. The van der Waals surface area contributed by atoms with Crippen molar-refractivity contribution in [1.29, 1.82) is 0 Å². The zero-order valence-corrected chi connectivity index (χ0v) is 9.54. The molecule has 1 aliphatic rings. The maximum Gasteiger partial charge on any atom is 0.0477 e. The molecular formula is C11H24N2O. The third-order valence-electron chi connectivity index (χ3n) is 2.74. The molecule has 0 aromatic rings. The first-order chi connectivity index (χ1) is 6.77. The minimum atomic E-state index is 0.280. The van der Waals surface area contributed by atoms with Crippen LogP contribution in [0.2, 0.25) is 0 Å². The van der Waals surface area contributed by atoms with Crippen LogP contribution in [-0.2, 0) is 4.74 Å². The van der Waals surface area contributed by atoms with Crippen LogP contribution in [0.5, 0.6) is 0 Å². The molecule has 1 saturated carbocycles. The summed E-state index contributed by atoms with van der Waals surface area (Å²) in [6, 6.07) is 1.12. The fourth-order valence-corrected chi connectivity index (χ4v) is 1.81. The van der Waals surface area contributed by atoms with E-state index in [-0.39, 0.29) is 6.04 Å². The van der Waals surface area contributed by atoms with Gasteiger partial charge in [0.2, 0.25) is 0 Å². The van der Waals surface area contributed by atoms with Gasteiger partial charge >= 0.3 is 0 Å². The first-order valence-electron chi connectivity index (χ1n) is 5.76. The molecule has 84 valence electrons. The molecule has 3 heteroatoms. The average Bonchev–Trinajstić information content (AvgIpc) is 2.97. The highest BCUT2D eigenvalue weighted by Gasteiger charge is 2.28. The molecule has 0 saturated heterocycles. The Morgan fingerprint density at radius 3 is 2.71 bits per heavy atom. The van der Waals surface area contributed by atoms with Crippen molar-refractivity contribution in [2.75, 3.05) is 26.8 Å². The molecule has 14 heavy (non-hydrogen) atoms. The molecule has 0 bridgehead atoms. The lowest BCUT2D eigenvalue weighted by molar-refractivity contribution is 0.172. The number of rotatable bonds is 8. The van der Waals surface area contributed by atoms with Crippen LogP contribution in [0, 0.1) is 0 Å². The third kappa shape index (κ3) is 4.40.